The molecule has 3 aromatic rings. The van der Waals surface area contributed by atoms with Gasteiger partial charge in [0.25, 0.3) is 11.5 Å². The number of carbonyl (C=O) groups is 2. The number of benzene rings is 2. The van der Waals surface area contributed by atoms with Crippen LogP contribution in [-0.2, 0) is 30.2 Å². The van der Waals surface area contributed by atoms with Crippen LogP contribution in [0.3, 0.4) is 0 Å². The summed E-state index contributed by atoms with van der Waals surface area (Å²) in [5.74, 6) is -1.41. The van der Waals surface area contributed by atoms with Gasteiger partial charge in [-0.2, -0.15) is 11.5 Å². The molecule has 0 saturated carbocycles. The summed E-state index contributed by atoms with van der Waals surface area (Å²) in [6.07, 6.45) is 2.05. The molecule has 268 valence electrons. The van der Waals surface area contributed by atoms with E-state index in [0.717, 1.165) is 0 Å². The van der Waals surface area contributed by atoms with Crippen molar-refractivity contribution in [3.05, 3.63) is 75.5 Å². The molecule has 0 radical (unpaired) electrons. The van der Waals surface area contributed by atoms with Crippen molar-refractivity contribution in [1.29, 1.82) is 0 Å². The minimum Gasteiger partial charge on any atom is -0.520 e. The third kappa shape index (κ3) is 11.6. The number of aromatic nitrogens is 2. The molecular weight excluding hydrogens is 909 g/mol. The first-order valence-corrected chi connectivity index (χ1v) is 16.6. The van der Waals surface area contributed by atoms with Gasteiger partial charge in [0, 0.05) is 51.1 Å². The van der Waals surface area contributed by atoms with Crippen LogP contribution in [-0.4, -0.2) is 129 Å². The molecule has 13 nitrogen and oxygen atoms in total. The zero-order chi connectivity index (χ0) is 34.0. The number of halogens is 1. The molecule has 1 aliphatic rings. The number of fused-ring (bicyclic) bond motifs is 1. The van der Waals surface area contributed by atoms with Gasteiger partial charge in [-0.3, -0.25) is 14.4 Å². The van der Waals surface area contributed by atoms with Crippen LogP contribution >= 0.6 is 23.3 Å². The number of thiol groups is 2. The number of nitrogens with one attached hydrogen (secondary N) is 1. The van der Waals surface area contributed by atoms with Crippen LogP contribution in [0.1, 0.15) is 21.6 Å². The summed E-state index contributed by atoms with van der Waals surface area (Å²) in [5.41, 5.74) is 6.22. The van der Waals surface area contributed by atoms with Gasteiger partial charge in [0.05, 0.1) is 62.8 Å². The van der Waals surface area contributed by atoms with Gasteiger partial charge >= 0.3 is 0 Å². The fourth-order valence-electron chi connectivity index (χ4n) is 4.90. The third-order valence-electron chi connectivity index (χ3n) is 7.29. The molecule has 0 spiro atoms. The van der Waals surface area contributed by atoms with Gasteiger partial charge in [0.1, 0.15) is 5.82 Å². The van der Waals surface area contributed by atoms with Gasteiger partial charge in [-0.25, -0.2) is 9.49 Å². The Bertz CT molecular complexity index is 1510. The number of nitrogens with two attached hydrogens (primary N) is 1. The van der Waals surface area contributed by atoms with E-state index in [4.69, 9.17) is 19.9 Å². The zero-order valence-electron chi connectivity index (χ0n) is 26.2. The van der Waals surface area contributed by atoms with E-state index in [9.17, 15) is 23.6 Å². The van der Waals surface area contributed by atoms with Crippen molar-refractivity contribution >= 4 is 52.3 Å². The van der Waals surface area contributed by atoms with Crippen molar-refractivity contribution in [3.63, 3.8) is 0 Å². The van der Waals surface area contributed by atoms with E-state index in [-0.39, 0.29) is 69.3 Å². The predicted octanol–water partition coefficient (Wildman–Crippen LogP) is 1.08. The van der Waals surface area contributed by atoms with E-state index in [1.807, 2.05) is 6.07 Å². The van der Waals surface area contributed by atoms with E-state index in [2.05, 4.69) is 33.5 Å². The number of hydrogen-bond acceptors (Lipinski definition) is 11. The molecule has 0 bridgehead atoms. The topological polar surface area (TPSA) is 160 Å². The quantitative estimate of drug-likeness (QED) is 0.0511. The second-order valence-electron chi connectivity index (χ2n) is 10.3. The fraction of sp³-hybridized carbons (Fsp3) is 0.452. The van der Waals surface area contributed by atoms with Crippen LogP contribution in [0.25, 0.3) is 10.8 Å². The van der Waals surface area contributed by atoms with Crippen molar-refractivity contribution in [3.8, 4) is 0 Å². The van der Waals surface area contributed by atoms with Crippen LogP contribution in [0.5, 0.6) is 0 Å². The zero-order valence-corrected chi connectivity index (χ0v) is 30.4. The Kier molecular flexibility index (Phi) is 17.6. The van der Waals surface area contributed by atoms with E-state index >= 15 is 0 Å². The Morgan fingerprint density at radius 3 is 2.19 bits per heavy atom. The van der Waals surface area contributed by atoms with Crippen molar-refractivity contribution in [1.82, 2.24) is 24.9 Å². The van der Waals surface area contributed by atoms with Crippen molar-refractivity contribution in [2.45, 2.75) is 6.42 Å². The molecular formula is C31H40FFmN6O7S2-. The standard InChI is InChI=1S/C31H38FN6O7.Fm.H2S2/c32-27-6-5-23(20-28-24-3-1-2-4-25(24)30(41)35-34-28)19-26(27)31(42)38-10-8-37(9-11-38)29(40)21-36(22-39)12-14-44-16-18-45-17-15-43-13-7-33;;1-2/h1-6,19H,7-18,20-21,33H2,(H,35,41);;1-2H/q-1;;. The van der Waals surface area contributed by atoms with E-state index in [0.29, 0.717) is 61.6 Å². The average Bonchev–Trinajstić information content (AvgIpc) is 3.11. The third-order valence-corrected chi connectivity index (χ3v) is 7.29. The normalized spacial score (nSPS) is 12.6. The smallest absolute Gasteiger partial charge is 0.272 e. The van der Waals surface area contributed by atoms with Crippen molar-refractivity contribution in [2.24, 2.45) is 5.73 Å². The summed E-state index contributed by atoms with van der Waals surface area (Å²) in [7, 11) is 0. The number of nitrogens with zero attached hydrogens (tertiary/aromatic N) is 4. The molecule has 3 amide bonds. The monoisotopic (exact) mass is 948 g/mol. The molecule has 3 N–H and O–H groups in total. The second-order valence-corrected chi connectivity index (χ2v) is 10.3. The first kappa shape index (κ1) is 39.6. The fourth-order valence-corrected chi connectivity index (χ4v) is 4.90. The van der Waals surface area contributed by atoms with E-state index < -0.39 is 11.7 Å². The first-order chi connectivity index (χ1) is 22.9. The van der Waals surface area contributed by atoms with Gasteiger partial charge in [0.15, 0.2) is 0 Å². The maximum Gasteiger partial charge on any atom is 0.272 e. The van der Waals surface area contributed by atoms with Crippen LogP contribution in [0, 0.1) is 5.82 Å². The summed E-state index contributed by atoms with van der Waals surface area (Å²) in [4.78, 5) is 53.9. The largest absolute Gasteiger partial charge is 0.520 e. The molecule has 1 aromatic heterocycles. The number of H-pyrrole nitrogens is 1. The summed E-state index contributed by atoms with van der Waals surface area (Å²) in [6.45, 7) is 3.69. The molecule has 2 aromatic carbocycles. The van der Waals surface area contributed by atoms with Crippen molar-refractivity contribution < 1.29 is 33.0 Å². The minimum atomic E-state index is -0.649. The van der Waals surface area contributed by atoms with Crippen LogP contribution in [0.4, 0.5) is 4.39 Å². The van der Waals surface area contributed by atoms with Crippen molar-refractivity contribution in [2.75, 3.05) is 85.5 Å². The Labute approximate surface area is 282 Å². The van der Waals surface area contributed by atoms with Crippen LogP contribution < -0.4 is 11.3 Å². The molecule has 0 unspecified atom stereocenters. The number of aromatic amines is 1. The average molecular weight is 949 g/mol. The van der Waals surface area contributed by atoms with Gasteiger partial charge < -0.3 is 39.4 Å². The Morgan fingerprint density at radius 2 is 1.54 bits per heavy atom. The molecule has 1 aliphatic heterocycles. The maximum absolute atomic E-state index is 14.8. The summed E-state index contributed by atoms with van der Waals surface area (Å²) >= 11 is 6.44. The van der Waals surface area contributed by atoms with Gasteiger partial charge in [-0.1, -0.05) is 24.3 Å². The molecule has 48 heavy (non-hydrogen) atoms. The predicted molar refractivity (Wildman–Crippen MR) is 181 cm³/mol. The first-order valence-electron chi connectivity index (χ1n) is 15.0. The number of amides is 3. The molecule has 4 rings (SSSR count). The summed E-state index contributed by atoms with van der Waals surface area (Å²) in [5, 5.41) is 7.84. The van der Waals surface area contributed by atoms with Gasteiger partial charge in [0.2, 0.25) is 5.91 Å². The number of piperazine rings is 1. The molecule has 1 saturated heterocycles. The molecule has 17 heteroatoms. The number of ether oxygens (including phenoxy) is 3. The van der Waals surface area contributed by atoms with Crippen LogP contribution in [0.2, 0.25) is 0 Å². The minimum absolute atomic E-state index is 0. The molecule has 0 aliphatic carbocycles. The summed E-state index contributed by atoms with van der Waals surface area (Å²) < 4.78 is 30.8. The number of rotatable bonds is 17. The van der Waals surface area contributed by atoms with E-state index in [1.165, 1.54) is 21.9 Å². The Morgan fingerprint density at radius 1 is 0.938 bits per heavy atom. The Hall–Kier alpha value is -4.54. The van der Waals surface area contributed by atoms with E-state index in [1.54, 1.807) is 35.6 Å². The van der Waals surface area contributed by atoms with Crippen LogP contribution in [0.15, 0.2) is 47.3 Å². The second kappa shape index (κ2) is 21.4. The molecule has 2 heterocycles. The number of carbonyl (C=O) groups excluding carboxylic acids is 3. The SMILES string of the molecule is NCCOCCOCCOCCN([C-]=O)CC(=O)N1CCN(C(=O)c2cc(Cc3n[nH]c(=O)c4ccccc34)ccc2F)CC1.SS.[Fm]. The van der Waals surface area contributed by atoms with Gasteiger partial charge in [-0.15, -0.1) is 23.3 Å². The molecule has 0 atom stereocenters. The molecule has 1 fully saturated rings. The Balaban J connectivity index is 0.00000262. The summed E-state index contributed by atoms with van der Waals surface area (Å²) in [6, 6.07) is 11.4. The number of hydrogen-bond donors (Lipinski definition) is 4. The maximum atomic E-state index is 14.8. The van der Waals surface area contributed by atoms with Gasteiger partial charge in [-0.05, 0) is 23.8 Å².